The van der Waals surface area contributed by atoms with Crippen molar-refractivity contribution in [3.05, 3.63) is 99.7 Å². The van der Waals surface area contributed by atoms with Gasteiger partial charge in [0.15, 0.2) is 0 Å². The minimum Gasteiger partial charge on any atom is -0.378 e. The number of rotatable bonds is 4. The van der Waals surface area contributed by atoms with Crippen LogP contribution in [0.25, 0.3) is 5.57 Å². The molecule has 1 aromatic carbocycles. The third kappa shape index (κ3) is 3.61. The van der Waals surface area contributed by atoms with E-state index in [1.54, 1.807) is 10.6 Å². The van der Waals surface area contributed by atoms with Gasteiger partial charge in [-0.25, -0.2) is 0 Å². The van der Waals surface area contributed by atoms with Crippen LogP contribution in [-0.2, 0) is 17.7 Å². The molecule has 1 fully saturated rings. The molecule has 0 unspecified atom stereocenters. The van der Waals surface area contributed by atoms with Gasteiger partial charge in [-0.1, -0.05) is 36.4 Å². The highest BCUT2D eigenvalue weighted by molar-refractivity contribution is 5.85. The summed E-state index contributed by atoms with van der Waals surface area (Å²) in [6, 6.07) is 16.0. The molecule has 5 rings (SSSR count). The van der Waals surface area contributed by atoms with Gasteiger partial charge in [0.2, 0.25) is 0 Å². The van der Waals surface area contributed by atoms with Crippen LogP contribution in [0.4, 0.5) is 5.69 Å². The van der Waals surface area contributed by atoms with E-state index in [2.05, 4.69) is 22.0 Å². The summed E-state index contributed by atoms with van der Waals surface area (Å²) in [6.07, 6.45) is 6.83. The van der Waals surface area contributed by atoms with Crippen molar-refractivity contribution < 1.29 is 4.74 Å². The van der Waals surface area contributed by atoms with Crippen LogP contribution in [0.15, 0.2) is 71.8 Å². The standard InChI is InChI=1S/C24H23N3O2/c28-24-14-19(8-9-27(24)17-18-4-2-1-3-5-18)21-6-7-23-22(21)15-20(16-25-23)26-10-12-29-13-11-26/h1-6,8-9,14-16H,7,10-13,17H2. The van der Waals surface area contributed by atoms with E-state index in [4.69, 9.17) is 4.74 Å². The van der Waals surface area contributed by atoms with Crippen molar-refractivity contribution in [1.29, 1.82) is 0 Å². The Kier molecular flexibility index (Phi) is 4.74. The van der Waals surface area contributed by atoms with Crippen molar-refractivity contribution in [3.8, 4) is 0 Å². The Morgan fingerprint density at radius 3 is 2.66 bits per heavy atom. The number of allylic oxidation sites excluding steroid dienone is 1. The highest BCUT2D eigenvalue weighted by atomic mass is 16.5. The molecule has 5 heteroatoms. The maximum Gasteiger partial charge on any atom is 0.251 e. The molecule has 0 radical (unpaired) electrons. The van der Waals surface area contributed by atoms with Crippen molar-refractivity contribution in [2.24, 2.45) is 0 Å². The van der Waals surface area contributed by atoms with Gasteiger partial charge in [-0.05, 0) is 28.8 Å². The van der Waals surface area contributed by atoms with E-state index in [0.29, 0.717) is 6.54 Å². The van der Waals surface area contributed by atoms with Crippen molar-refractivity contribution in [2.45, 2.75) is 13.0 Å². The number of anilines is 1. The molecule has 1 saturated heterocycles. The maximum absolute atomic E-state index is 12.7. The summed E-state index contributed by atoms with van der Waals surface area (Å²) < 4.78 is 7.21. The molecule has 5 nitrogen and oxygen atoms in total. The van der Waals surface area contributed by atoms with Gasteiger partial charge in [-0.15, -0.1) is 0 Å². The molecule has 1 aliphatic heterocycles. The molecule has 0 amide bonds. The summed E-state index contributed by atoms with van der Waals surface area (Å²) in [6.45, 7) is 3.85. The van der Waals surface area contributed by atoms with Crippen LogP contribution in [0.3, 0.4) is 0 Å². The zero-order valence-electron chi connectivity index (χ0n) is 16.3. The van der Waals surface area contributed by atoms with Gasteiger partial charge in [0.25, 0.3) is 5.56 Å². The highest BCUT2D eigenvalue weighted by Crippen LogP contribution is 2.33. The Morgan fingerprint density at radius 1 is 1.03 bits per heavy atom. The number of nitrogens with zero attached hydrogens (tertiary/aromatic N) is 3. The summed E-state index contributed by atoms with van der Waals surface area (Å²) in [7, 11) is 0. The van der Waals surface area contributed by atoms with E-state index in [0.717, 1.165) is 66.4 Å². The quantitative estimate of drug-likeness (QED) is 0.692. The molecular weight excluding hydrogens is 362 g/mol. The number of hydrogen-bond acceptors (Lipinski definition) is 4. The van der Waals surface area contributed by atoms with E-state index in [1.165, 1.54) is 0 Å². The maximum atomic E-state index is 12.7. The normalized spacial score (nSPS) is 15.9. The molecule has 2 aromatic heterocycles. The molecule has 0 bridgehead atoms. The second-order valence-electron chi connectivity index (χ2n) is 7.48. The van der Waals surface area contributed by atoms with E-state index in [-0.39, 0.29) is 5.56 Å². The van der Waals surface area contributed by atoms with E-state index in [1.807, 2.05) is 48.8 Å². The van der Waals surface area contributed by atoms with Crippen LogP contribution in [0.5, 0.6) is 0 Å². The van der Waals surface area contributed by atoms with Crippen LogP contribution in [0, 0.1) is 0 Å². The number of aromatic nitrogens is 2. The molecular formula is C24H23N3O2. The van der Waals surface area contributed by atoms with E-state index in [9.17, 15) is 4.79 Å². The molecule has 146 valence electrons. The van der Waals surface area contributed by atoms with Crippen LogP contribution in [0.2, 0.25) is 0 Å². The largest absolute Gasteiger partial charge is 0.378 e. The molecule has 0 atom stereocenters. The summed E-state index contributed by atoms with van der Waals surface area (Å²) >= 11 is 0. The molecule has 0 N–H and O–H groups in total. The van der Waals surface area contributed by atoms with Crippen molar-refractivity contribution in [3.63, 3.8) is 0 Å². The predicted octanol–water partition coefficient (Wildman–Crippen LogP) is 3.12. The number of hydrogen-bond donors (Lipinski definition) is 0. The number of morpholine rings is 1. The van der Waals surface area contributed by atoms with E-state index >= 15 is 0 Å². The topological polar surface area (TPSA) is 47.4 Å². The number of ether oxygens (including phenoxy) is 1. The second kappa shape index (κ2) is 7.68. The first-order chi connectivity index (χ1) is 14.3. The lowest BCUT2D eigenvalue weighted by Crippen LogP contribution is -2.36. The average Bonchev–Trinajstić information content (AvgIpc) is 3.20. The number of benzene rings is 1. The smallest absolute Gasteiger partial charge is 0.251 e. The predicted molar refractivity (Wildman–Crippen MR) is 114 cm³/mol. The van der Waals surface area contributed by atoms with Gasteiger partial charge in [0, 0.05) is 37.3 Å². The van der Waals surface area contributed by atoms with E-state index < -0.39 is 0 Å². The minimum atomic E-state index is 0.0120. The van der Waals surface area contributed by atoms with Gasteiger partial charge in [-0.2, -0.15) is 0 Å². The molecule has 3 heterocycles. The average molecular weight is 385 g/mol. The van der Waals surface area contributed by atoms with Crippen LogP contribution < -0.4 is 10.5 Å². The summed E-state index contributed by atoms with van der Waals surface area (Å²) in [5.74, 6) is 0. The monoisotopic (exact) mass is 385 g/mol. The Hall–Kier alpha value is -3.18. The molecule has 0 spiro atoms. The third-order valence-corrected chi connectivity index (χ3v) is 5.62. The van der Waals surface area contributed by atoms with Gasteiger partial charge in [-0.3, -0.25) is 9.78 Å². The minimum absolute atomic E-state index is 0.0120. The van der Waals surface area contributed by atoms with Crippen molar-refractivity contribution in [1.82, 2.24) is 9.55 Å². The van der Waals surface area contributed by atoms with Gasteiger partial charge >= 0.3 is 0 Å². The fourth-order valence-corrected chi connectivity index (χ4v) is 4.04. The first-order valence-electron chi connectivity index (χ1n) is 10.0. The number of fused-ring (bicyclic) bond motifs is 1. The summed E-state index contributed by atoms with van der Waals surface area (Å²) in [4.78, 5) is 19.7. The Morgan fingerprint density at radius 2 is 1.86 bits per heavy atom. The third-order valence-electron chi connectivity index (χ3n) is 5.62. The fraction of sp³-hybridized carbons (Fsp3) is 0.250. The van der Waals surface area contributed by atoms with Crippen LogP contribution in [-0.4, -0.2) is 35.9 Å². The first kappa shape index (κ1) is 17.9. The zero-order chi connectivity index (χ0) is 19.6. The zero-order valence-corrected chi connectivity index (χ0v) is 16.3. The molecule has 1 aliphatic carbocycles. The van der Waals surface area contributed by atoms with Crippen LogP contribution in [0.1, 0.15) is 22.4 Å². The fourth-order valence-electron chi connectivity index (χ4n) is 4.04. The first-order valence-corrected chi connectivity index (χ1v) is 10.0. The molecule has 2 aliphatic rings. The van der Waals surface area contributed by atoms with Crippen molar-refractivity contribution in [2.75, 3.05) is 31.2 Å². The van der Waals surface area contributed by atoms with Crippen molar-refractivity contribution >= 4 is 11.3 Å². The SMILES string of the molecule is O=c1cc(C2=CCc3ncc(N4CCOCC4)cc32)ccn1Cc1ccccc1. The summed E-state index contributed by atoms with van der Waals surface area (Å²) in [5.41, 5.74) is 6.52. The van der Waals surface area contributed by atoms with Gasteiger partial charge in [0.1, 0.15) is 0 Å². The Labute approximate surface area is 169 Å². The lowest BCUT2D eigenvalue weighted by atomic mass is 10.0. The lowest BCUT2D eigenvalue weighted by Gasteiger charge is -2.29. The molecule has 0 saturated carbocycles. The van der Waals surface area contributed by atoms with Crippen LogP contribution >= 0.6 is 0 Å². The Balaban J connectivity index is 1.43. The second-order valence-corrected chi connectivity index (χ2v) is 7.48. The summed E-state index contributed by atoms with van der Waals surface area (Å²) in [5, 5.41) is 0. The van der Waals surface area contributed by atoms with Gasteiger partial charge in [0.05, 0.1) is 37.3 Å². The Bertz CT molecular complexity index is 1110. The highest BCUT2D eigenvalue weighted by Gasteiger charge is 2.20. The lowest BCUT2D eigenvalue weighted by molar-refractivity contribution is 0.122. The number of pyridine rings is 2. The molecule has 29 heavy (non-hydrogen) atoms. The van der Waals surface area contributed by atoms with Gasteiger partial charge < -0.3 is 14.2 Å². The molecule has 3 aromatic rings.